The first-order valence-electron chi connectivity index (χ1n) is 12.3. The van der Waals surface area contributed by atoms with Crippen LogP contribution in [0.2, 0.25) is 0 Å². The van der Waals surface area contributed by atoms with Crippen molar-refractivity contribution in [3.63, 3.8) is 0 Å². The summed E-state index contributed by atoms with van der Waals surface area (Å²) in [6, 6.07) is 23.7. The number of hydrogen-bond donors (Lipinski definition) is 6. The van der Waals surface area contributed by atoms with Crippen LogP contribution in [0.5, 0.6) is 5.75 Å². The fourth-order valence-electron chi connectivity index (χ4n) is 4.33. The fourth-order valence-corrected chi connectivity index (χ4v) is 4.33. The van der Waals surface area contributed by atoms with Crippen LogP contribution in [0.15, 0.2) is 78.9 Å². The van der Waals surface area contributed by atoms with Crippen molar-refractivity contribution >= 4 is 42.5 Å². The van der Waals surface area contributed by atoms with Crippen molar-refractivity contribution in [3.8, 4) is 5.75 Å². The van der Waals surface area contributed by atoms with E-state index in [4.69, 9.17) is 16.9 Å². The van der Waals surface area contributed by atoms with Crippen LogP contribution in [0, 0.1) is 11.3 Å². The number of nitrogens with one attached hydrogen (secondary N) is 3. The van der Waals surface area contributed by atoms with Crippen LogP contribution >= 0.6 is 24.8 Å². The highest BCUT2D eigenvalue weighted by molar-refractivity contribution is 5.95. The Balaban J connectivity index is 0.00000380. The average Bonchev–Trinajstić information content (AvgIpc) is 2.90. The molecule has 0 aromatic heterocycles. The van der Waals surface area contributed by atoms with Gasteiger partial charge in [0.05, 0.1) is 5.92 Å². The molecular weight excluding hydrogens is 537 g/mol. The van der Waals surface area contributed by atoms with E-state index in [-0.39, 0.29) is 48.9 Å². The van der Waals surface area contributed by atoms with E-state index in [1.54, 1.807) is 43.3 Å². The van der Waals surface area contributed by atoms with Gasteiger partial charge in [0.15, 0.2) is 0 Å². The number of primary amides is 1. The first-order chi connectivity index (χ1) is 17.7. The summed E-state index contributed by atoms with van der Waals surface area (Å²) in [5.74, 6) is -1.45. The molecule has 0 saturated heterocycles. The van der Waals surface area contributed by atoms with Crippen molar-refractivity contribution in [3.05, 3.63) is 101 Å². The maximum Gasteiger partial charge on any atom is 0.238 e. The lowest BCUT2D eigenvalue weighted by Gasteiger charge is -2.37. The highest BCUT2D eigenvalue weighted by Gasteiger charge is 2.44. The minimum atomic E-state index is -1.27. The highest BCUT2D eigenvalue weighted by atomic mass is 35.5. The van der Waals surface area contributed by atoms with Gasteiger partial charge in [-0.15, -0.1) is 24.8 Å². The van der Waals surface area contributed by atoms with Crippen LogP contribution in [-0.2, 0) is 29.0 Å². The van der Waals surface area contributed by atoms with Crippen LogP contribution in [-0.4, -0.2) is 34.8 Å². The minimum absolute atomic E-state index is 0. The fraction of sp³-hybridized carbons (Fsp3) is 0.276. The van der Waals surface area contributed by atoms with Crippen molar-refractivity contribution in [2.45, 2.75) is 38.3 Å². The maximum atomic E-state index is 13.3. The summed E-state index contributed by atoms with van der Waals surface area (Å²) in [7, 11) is 0. The van der Waals surface area contributed by atoms with Crippen LogP contribution < -0.4 is 22.1 Å². The molecule has 0 spiro atoms. The number of benzene rings is 3. The summed E-state index contributed by atoms with van der Waals surface area (Å²) in [6.07, 6.45) is 1.52. The second-order valence-corrected chi connectivity index (χ2v) is 9.21. The van der Waals surface area contributed by atoms with Gasteiger partial charge in [-0.25, -0.2) is 0 Å². The van der Waals surface area contributed by atoms with Crippen LogP contribution in [0.3, 0.4) is 0 Å². The number of aromatic hydroxyl groups is 1. The van der Waals surface area contributed by atoms with Gasteiger partial charge in [0.1, 0.15) is 17.1 Å². The molecule has 0 aliphatic carbocycles. The lowest BCUT2D eigenvalue weighted by atomic mass is 9.78. The Morgan fingerprint density at radius 3 is 2.00 bits per heavy atom. The number of aryl methyl sites for hydroxylation is 1. The molecule has 2 amide bonds. The molecular formula is C29H37Cl2N5O3. The summed E-state index contributed by atoms with van der Waals surface area (Å²) in [4.78, 5) is 26.2. The van der Waals surface area contributed by atoms with E-state index >= 15 is 0 Å². The molecule has 8 nitrogen and oxygen atoms in total. The lowest BCUT2D eigenvalue weighted by molar-refractivity contribution is -0.136. The van der Waals surface area contributed by atoms with Crippen molar-refractivity contribution in [1.82, 2.24) is 10.6 Å². The van der Waals surface area contributed by atoms with Crippen LogP contribution in [0.25, 0.3) is 0 Å². The quantitative estimate of drug-likeness (QED) is 0.136. The van der Waals surface area contributed by atoms with E-state index in [9.17, 15) is 14.7 Å². The number of phenols is 1. The summed E-state index contributed by atoms with van der Waals surface area (Å²) in [5.41, 5.74) is 13.7. The first-order valence-corrected chi connectivity index (χ1v) is 12.3. The Labute approximate surface area is 241 Å². The third-order valence-electron chi connectivity index (χ3n) is 6.75. The molecule has 0 heterocycles. The Kier molecular flexibility index (Phi) is 13.5. The summed E-state index contributed by atoms with van der Waals surface area (Å²) in [5, 5.41) is 23.3. The van der Waals surface area contributed by atoms with Crippen molar-refractivity contribution in [1.29, 1.82) is 5.41 Å². The monoisotopic (exact) mass is 573 g/mol. The number of nitrogens with two attached hydrogens (primary N) is 2. The molecule has 8 N–H and O–H groups in total. The molecule has 0 saturated carbocycles. The predicted molar refractivity (Wildman–Crippen MR) is 159 cm³/mol. The summed E-state index contributed by atoms with van der Waals surface area (Å²) in [6.45, 7) is 2.41. The second-order valence-electron chi connectivity index (χ2n) is 9.21. The van der Waals surface area contributed by atoms with Gasteiger partial charge in [-0.3, -0.25) is 15.0 Å². The molecule has 0 bridgehead atoms. The minimum Gasteiger partial charge on any atom is -0.508 e. The third-order valence-corrected chi connectivity index (χ3v) is 6.75. The number of hydrogen-bond acceptors (Lipinski definition) is 5. The van der Waals surface area contributed by atoms with E-state index in [0.29, 0.717) is 31.4 Å². The third kappa shape index (κ3) is 9.28. The lowest BCUT2D eigenvalue weighted by Crippen LogP contribution is -2.63. The van der Waals surface area contributed by atoms with Crippen LogP contribution in [0.4, 0.5) is 0 Å². The number of amidine groups is 1. The maximum absolute atomic E-state index is 13.3. The number of amides is 2. The summed E-state index contributed by atoms with van der Waals surface area (Å²) < 4.78 is 0. The van der Waals surface area contributed by atoms with Gasteiger partial charge in [-0.2, -0.15) is 0 Å². The Morgan fingerprint density at radius 2 is 1.44 bits per heavy atom. The molecule has 39 heavy (non-hydrogen) atoms. The topological polar surface area (TPSA) is 154 Å². The van der Waals surface area contributed by atoms with Crippen molar-refractivity contribution < 1.29 is 14.7 Å². The number of carbonyl (C=O) groups is 2. The molecule has 0 aliphatic rings. The van der Waals surface area contributed by atoms with E-state index in [2.05, 4.69) is 10.6 Å². The molecule has 0 fully saturated rings. The van der Waals surface area contributed by atoms with Gasteiger partial charge >= 0.3 is 0 Å². The van der Waals surface area contributed by atoms with Crippen molar-refractivity contribution in [2.24, 2.45) is 17.4 Å². The molecule has 1 unspecified atom stereocenters. The van der Waals surface area contributed by atoms with Crippen LogP contribution in [0.1, 0.15) is 35.6 Å². The van der Waals surface area contributed by atoms with E-state index in [1.807, 2.05) is 42.5 Å². The zero-order chi connectivity index (χ0) is 26.8. The van der Waals surface area contributed by atoms with Gasteiger partial charge in [0.25, 0.3) is 0 Å². The smallest absolute Gasteiger partial charge is 0.238 e. The average molecular weight is 575 g/mol. The zero-order valence-electron chi connectivity index (χ0n) is 21.9. The molecule has 3 aromatic rings. The Hall–Kier alpha value is -3.59. The van der Waals surface area contributed by atoms with Gasteiger partial charge in [-0.1, -0.05) is 73.7 Å². The van der Waals surface area contributed by atoms with Gasteiger partial charge in [0.2, 0.25) is 11.8 Å². The normalized spacial score (nSPS) is 12.6. The molecule has 0 radical (unpaired) electrons. The largest absolute Gasteiger partial charge is 0.508 e. The predicted octanol–water partition coefficient (Wildman–Crippen LogP) is 3.46. The first kappa shape index (κ1) is 33.4. The molecule has 0 aliphatic heterocycles. The van der Waals surface area contributed by atoms with E-state index in [1.165, 1.54) is 0 Å². The number of phenolic OH excluding ortho intramolecular Hbond substituents is 1. The zero-order valence-corrected chi connectivity index (χ0v) is 23.5. The highest BCUT2D eigenvalue weighted by Crippen LogP contribution is 2.25. The SMILES string of the molecule is C[C@H](C(=O)NCc1ccc(C(=N)N)cc1)C(CCc1ccccc1)(NCCc1ccc(O)cc1)C(N)=O.Cl.Cl. The molecule has 10 heteroatoms. The van der Waals surface area contributed by atoms with E-state index in [0.717, 1.165) is 16.7 Å². The van der Waals surface area contributed by atoms with Crippen molar-refractivity contribution in [2.75, 3.05) is 6.54 Å². The Bertz CT molecular complexity index is 1210. The molecule has 3 aromatic carbocycles. The van der Waals surface area contributed by atoms with Gasteiger partial charge in [-0.05, 0) is 48.1 Å². The number of carbonyl (C=O) groups excluding carboxylic acids is 2. The number of halogens is 2. The number of rotatable bonds is 13. The molecule has 2 atom stereocenters. The Morgan fingerprint density at radius 1 is 0.872 bits per heavy atom. The van der Waals surface area contributed by atoms with E-state index < -0.39 is 17.4 Å². The second kappa shape index (κ2) is 15.7. The summed E-state index contributed by atoms with van der Waals surface area (Å²) >= 11 is 0. The molecule has 3 rings (SSSR count). The number of nitrogen functional groups attached to an aromatic ring is 1. The van der Waals surface area contributed by atoms with Gasteiger partial charge in [0, 0.05) is 18.7 Å². The van der Waals surface area contributed by atoms with Gasteiger partial charge < -0.3 is 27.2 Å². The molecule has 210 valence electrons. The standard InChI is InChI=1S/C29H35N5O3.2ClH/c1-20(27(36)33-19-23-7-11-24(12-8-23)26(30)31)29(28(32)37,17-15-21-5-3-2-4-6-21)34-18-16-22-9-13-25(35)14-10-22;;/h2-14,20,34-35H,15-19H2,1H3,(H3,30,31)(H2,32,37)(H,33,36);2*1H/t20-,29?;;/m1../s1.